The molecule has 2 aliphatic rings. The first-order valence-corrected chi connectivity index (χ1v) is 10.5. The van der Waals surface area contributed by atoms with Crippen LogP contribution in [-0.4, -0.2) is 40.0 Å². The summed E-state index contributed by atoms with van der Waals surface area (Å²) in [7, 11) is 0. The van der Waals surface area contributed by atoms with Gasteiger partial charge in [0, 0.05) is 11.8 Å². The number of amides is 1. The standard InChI is InChI=1S/C23H35NO4/c1-15(16-7-5-4-6-8-16)24-21(28)13-17-18(26)9-10-19-22(17,2)12-11-20(27)23(19,3)14-25/h4-8,15,17-20,25-27H,9-14H2,1-3H3,(H,24,28)/t15-,17-,18-,19-,20-,22+,23+/m1/s1. The molecule has 4 N–H and O–H groups in total. The Morgan fingerprint density at radius 2 is 1.86 bits per heavy atom. The van der Waals surface area contributed by atoms with Crippen LogP contribution < -0.4 is 5.32 Å². The molecule has 0 bridgehead atoms. The van der Waals surface area contributed by atoms with Gasteiger partial charge in [-0.1, -0.05) is 44.2 Å². The zero-order valence-corrected chi connectivity index (χ0v) is 17.3. The Bertz CT molecular complexity index is 680. The Balaban J connectivity index is 1.75. The van der Waals surface area contributed by atoms with Gasteiger partial charge in [-0.2, -0.15) is 0 Å². The average Bonchev–Trinajstić information content (AvgIpc) is 2.68. The number of carbonyl (C=O) groups excluding carboxylic acids is 1. The minimum absolute atomic E-state index is 0.0564. The van der Waals surface area contributed by atoms with Crippen LogP contribution in [0, 0.1) is 22.7 Å². The Morgan fingerprint density at radius 1 is 1.18 bits per heavy atom. The van der Waals surface area contributed by atoms with E-state index < -0.39 is 17.6 Å². The molecular formula is C23H35NO4. The van der Waals surface area contributed by atoms with Gasteiger partial charge in [-0.15, -0.1) is 0 Å². The number of hydrogen-bond acceptors (Lipinski definition) is 4. The van der Waals surface area contributed by atoms with Crippen molar-refractivity contribution in [3.8, 4) is 0 Å². The van der Waals surface area contributed by atoms with E-state index in [4.69, 9.17) is 0 Å². The summed E-state index contributed by atoms with van der Waals surface area (Å²) in [6.45, 7) is 5.98. The van der Waals surface area contributed by atoms with Gasteiger partial charge in [0.15, 0.2) is 0 Å². The van der Waals surface area contributed by atoms with Gasteiger partial charge in [-0.3, -0.25) is 4.79 Å². The second-order valence-electron chi connectivity index (χ2n) is 9.43. The Morgan fingerprint density at radius 3 is 2.50 bits per heavy atom. The molecule has 5 heteroatoms. The molecule has 1 amide bonds. The van der Waals surface area contributed by atoms with Gasteiger partial charge in [0.2, 0.25) is 5.91 Å². The van der Waals surface area contributed by atoms with Gasteiger partial charge >= 0.3 is 0 Å². The predicted molar refractivity (Wildman–Crippen MR) is 108 cm³/mol. The van der Waals surface area contributed by atoms with Gasteiger partial charge in [-0.25, -0.2) is 0 Å². The third kappa shape index (κ3) is 3.72. The number of aliphatic hydroxyl groups is 3. The maximum Gasteiger partial charge on any atom is 0.220 e. The van der Waals surface area contributed by atoms with Crippen molar-refractivity contribution in [2.45, 2.75) is 71.1 Å². The summed E-state index contributed by atoms with van der Waals surface area (Å²) >= 11 is 0. The summed E-state index contributed by atoms with van der Waals surface area (Å²) in [6.07, 6.45) is 1.92. The van der Waals surface area contributed by atoms with E-state index in [2.05, 4.69) is 12.2 Å². The van der Waals surface area contributed by atoms with E-state index in [0.29, 0.717) is 12.8 Å². The van der Waals surface area contributed by atoms with Crippen LogP contribution in [0.2, 0.25) is 0 Å². The maximum atomic E-state index is 12.8. The predicted octanol–water partition coefficient (Wildman–Crippen LogP) is 2.80. The molecule has 1 aromatic rings. The first kappa shape index (κ1) is 21.3. The second kappa shape index (κ2) is 8.13. The monoisotopic (exact) mass is 389 g/mol. The second-order valence-corrected chi connectivity index (χ2v) is 9.43. The molecule has 7 atom stereocenters. The fourth-order valence-electron chi connectivity index (χ4n) is 5.93. The van der Waals surface area contributed by atoms with Crippen molar-refractivity contribution < 1.29 is 20.1 Å². The molecule has 3 rings (SSSR count). The van der Waals surface area contributed by atoms with E-state index in [-0.39, 0.29) is 42.2 Å². The number of aliphatic hydroxyl groups excluding tert-OH is 3. The van der Waals surface area contributed by atoms with Crippen molar-refractivity contribution in [1.82, 2.24) is 5.32 Å². The maximum absolute atomic E-state index is 12.8. The molecule has 1 aromatic carbocycles. The first-order valence-electron chi connectivity index (χ1n) is 10.5. The molecule has 2 aliphatic carbocycles. The van der Waals surface area contributed by atoms with E-state index in [1.165, 1.54) is 0 Å². The zero-order chi connectivity index (χ0) is 20.5. The highest BCUT2D eigenvalue weighted by Gasteiger charge is 2.59. The molecule has 28 heavy (non-hydrogen) atoms. The van der Waals surface area contributed by atoms with Crippen molar-refractivity contribution in [3.63, 3.8) is 0 Å². The van der Waals surface area contributed by atoms with Crippen LogP contribution in [0.1, 0.15) is 64.5 Å². The number of benzene rings is 1. The number of carbonyl (C=O) groups is 1. The van der Waals surface area contributed by atoms with Crippen LogP contribution in [0.5, 0.6) is 0 Å². The van der Waals surface area contributed by atoms with Crippen molar-refractivity contribution in [2.75, 3.05) is 6.61 Å². The van der Waals surface area contributed by atoms with E-state index in [9.17, 15) is 20.1 Å². The van der Waals surface area contributed by atoms with Crippen molar-refractivity contribution >= 4 is 5.91 Å². The highest BCUT2D eigenvalue weighted by molar-refractivity contribution is 5.76. The number of fused-ring (bicyclic) bond motifs is 1. The zero-order valence-electron chi connectivity index (χ0n) is 17.3. The lowest BCUT2D eigenvalue weighted by atomic mass is 9.46. The van der Waals surface area contributed by atoms with E-state index >= 15 is 0 Å². The molecule has 0 spiro atoms. The molecule has 0 heterocycles. The molecule has 156 valence electrons. The van der Waals surface area contributed by atoms with Crippen LogP contribution in [0.4, 0.5) is 0 Å². The molecule has 0 unspecified atom stereocenters. The lowest BCUT2D eigenvalue weighted by Crippen LogP contribution is -2.60. The normalized spacial score (nSPS) is 39.1. The van der Waals surface area contributed by atoms with Gasteiger partial charge in [-0.05, 0) is 55.4 Å². The highest BCUT2D eigenvalue weighted by atomic mass is 16.3. The number of rotatable bonds is 5. The van der Waals surface area contributed by atoms with Gasteiger partial charge in [0.1, 0.15) is 0 Å². The van der Waals surface area contributed by atoms with Gasteiger partial charge in [0.25, 0.3) is 0 Å². The van der Waals surface area contributed by atoms with E-state index in [0.717, 1.165) is 18.4 Å². The summed E-state index contributed by atoms with van der Waals surface area (Å²) < 4.78 is 0. The first-order chi connectivity index (χ1) is 13.2. The molecule has 0 radical (unpaired) electrons. The fraction of sp³-hybridized carbons (Fsp3) is 0.696. The fourth-order valence-corrected chi connectivity index (χ4v) is 5.93. The summed E-state index contributed by atoms with van der Waals surface area (Å²) in [6, 6.07) is 9.76. The lowest BCUT2D eigenvalue weighted by molar-refractivity contribution is -0.186. The minimum Gasteiger partial charge on any atom is -0.396 e. The van der Waals surface area contributed by atoms with Gasteiger partial charge in [0.05, 0.1) is 24.9 Å². The van der Waals surface area contributed by atoms with Crippen LogP contribution in [0.3, 0.4) is 0 Å². The summed E-state index contributed by atoms with van der Waals surface area (Å²) in [5, 5.41) is 34.5. The Kier molecular flexibility index (Phi) is 6.18. The summed E-state index contributed by atoms with van der Waals surface area (Å²) in [5.41, 5.74) is 0.193. The van der Waals surface area contributed by atoms with E-state index in [1.54, 1.807) is 0 Å². The summed E-state index contributed by atoms with van der Waals surface area (Å²) in [5.74, 6) is -0.145. The molecule has 2 fully saturated rings. The van der Waals surface area contributed by atoms with Crippen LogP contribution >= 0.6 is 0 Å². The average molecular weight is 390 g/mol. The molecule has 5 nitrogen and oxygen atoms in total. The summed E-state index contributed by atoms with van der Waals surface area (Å²) in [4.78, 5) is 12.8. The lowest BCUT2D eigenvalue weighted by Gasteiger charge is -2.60. The van der Waals surface area contributed by atoms with Crippen LogP contribution in [0.15, 0.2) is 30.3 Å². The van der Waals surface area contributed by atoms with Crippen molar-refractivity contribution in [1.29, 1.82) is 0 Å². The topological polar surface area (TPSA) is 89.8 Å². The molecular weight excluding hydrogens is 354 g/mol. The van der Waals surface area contributed by atoms with Crippen molar-refractivity contribution in [2.24, 2.45) is 22.7 Å². The van der Waals surface area contributed by atoms with E-state index in [1.807, 2.05) is 44.2 Å². The SMILES string of the molecule is C[C@@H](NC(=O)C[C@@H]1[C@H](O)CC[C@H]2[C@](C)(CO)[C@H](O)CC[C@]21C)c1ccccc1. The third-order valence-electron chi connectivity index (χ3n) is 7.80. The number of hydrogen-bond donors (Lipinski definition) is 4. The largest absolute Gasteiger partial charge is 0.396 e. The molecule has 0 aromatic heterocycles. The highest BCUT2D eigenvalue weighted by Crippen LogP contribution is 2.60. The molecule has 0 saturated heterocycles. The van der Waals surface area contributed by atoms with Gasteiger partial charge < -0.3 is 20.6 Å². The third-order valence-corrected chi connectivity index (χ3v) is 7.80. The number of nitrogens with one attached hydrogen (secondary N) is 1. The molecule has 2 saturated carbocycles. The van der Waals surface area contributed by atoms with Crippen LogP contribution in [-0.2, 0) is 4.79 Å². The molecule has 0 aliphatic heterocycles. The minimum atomic E-state index is -0.584. The van der Waals surface area contributed by atoms with Crippen molar-refractivity contribution in [3.05, 3.63) is 35.9 Å². The quantitative estimate of drug-likeness (QED) is 0.623. The smallest absolute Gasteiger partial charge is 0.220 e. The Labute approximate surface area is 168 Å². The van der Waals surface area contributed by atoms with Crippen LogP contribution in [0.25, 0.3) is 0 Å². The Hall–Kier alpha value is -1.43.